The van der Waals surface area contributed by atoms with E-state index in [1.807, 2.05) is 36.4 Å². The molecule has 2 aliphatic heterocycles. The highest BCUT2D eigenvalue weighted by molar-refractivity contribution is 6.30. The molecule has 5 nitrogen and oxygen atoms in total. The number of carbonyl (C=O) groups excluding carboxylic acids is 2. The van der Waals surface area contributed by atoms with E-state index in [1.54, 1.807) is 12.1 Å². The van der Waals surface area contributed by atoms with Crippen LogP contribution in [0.4, 0.5) is 0 Å². The molecule has 2 aromatic carbocycles. The van der Waals surface area contributed by atoms with Gasteiger partial charge in [0.15, 0.2) is 0 Å². The zero-order valence-corrected chi connectivity index (χ0v) is 19.6. The minimum absolute atomic E-state index is 0.140. The number of benzene rings is 2. The Bertz CT molecular complexity index is 987. The monoisotopic (exact) mass is 466 g/mol. The number of amides is 2. The fourth-order valence-corrected chi connectivity index (χ4v) is 5.91. The van der Waals surface area contributed by atoms with Crippen molar-refractivity contribution in [2.45, 2.75) is 44.1 Å². The zero-order valence-electron chi connectivity index (χ0n) is 18.9. The predicted molar refractivity (Wildman–Crippen MR) is 128 cm³/mol. The second-order valence-electron chi connectivity index (χ2n) is 9.99. The molecule has 2 aromatic rings. The summed E-state index contributed by atoms with van der Waals surface area (Å²) in [4.78, 5) is 29.2. The van der Waals surface area contributed by atoms with Crippen molar-refractivity contribution in [3.05, 3.63) is 70.2 Å². The first-order chi connectivity index (χ1) is 15.9. The number of nitrogens with zero attached hydrogens (tertiary/aromatic N) is 2. The summed E-state index contributed by atoms with van der Waals surface area (Å²) in [6, 6.07) is 14.7. The maximum absolute atomic E-state index is 12.7. The van der Waals surface area contributed by atoms with Crippen LogP contribution in [0.25, 0.3) is 0 Å². The van der Waals surface area contributed by atoms with Crippen molar-refractivity contribution in [3.63, 3.8) is 0 Å². The molecule has 2 fully saturated rings. The van der Waals surface area contributed by atoms with E-state index in [9.17, 15) is 14.7 Å². The van der Waals surface area contributed by atoms with Crippen molar-refractivity contribution in [1.82, 2.24) is 9.80 Å². The van der Waals surface area contributed by atoms with Gasteiger partial charge in [0.2, 0.25) is 0 Å². The SMILES string of the molecule is O=C1c2ccccc2C(=O)N1CC1CCC(CN2CCC(O)(c3ccc(Cl)cc3)CC2)CC1. The Kier molecular flexibility index (Phi) is 6.30. The summed E-state index contributed by atoms with van der Waals surface area (Å²) in [6.07, 6.45) is 5.85. The molecule has 0 unspecified atom stereocenters. The molecule has 2 heterocycles. The standard InChI is InChI=1S/C27H31ClN2O3/c28-22-11-9-21(10-12-22)27(33)13-15-29(16-14-27)17-19-5-7-20(8-6-19)18-30-25(31)23-3-1-2-4-24(23)26(30)32/h1-4,9-12,19-20,33H,5-8,13-18H2. The number of hydrogen-bond donors (Lipinski definition) is 1. The average Bonchev–Trinajstić information content (AvgIpc) is 3.07. The molecule has 0 aromatic heterocycles. The Balaban J connectivity index is 1.09. The molecule has 0 spiro atoms. The summed E-state index contributed by atoms with van der Waals surface area (Å²) in [5, 5.41) is 11.8. The molecule has 3 aliphatic rings. The number of imide groups is 1. The highest BCUT2D eigenvalue weighted by atomic mass is 35.5. The normalized spacial score (nSPS) is 25.3. The van der Waals surface area contributed by atoms with Gasteiger partial charge in [0.25, 0.3) is 11.8 Å². The van der Waals surface area contributed by atoms with Crippen molar-refractivity contribution in [3.8, 4) is 0 Å². The average molecular weight is 467 g/mol. The van der Waals surface area contributed by atoms with Gasteiger partial charge in [-0.2, -0.15) is 0 Å². The van der Waals surface area contributed by atoms with Gasteiger partial charge in [-0.05, 0) is 80.2 Å². The van der Waals surface area contributed by atoms with Crippen molar-refractivity contribution < 1.29 is 14.7 Å². The van der Waals surface area contributed by atoms with Crippen LogP contribution < -0.4 is 0 Å². The van der Waals surface area contributed by atoms with Gasteiger partial charge in [-0.1, -0.05) is 35.9 Å². The number of piperidine rings is 1. The van der Waals surface area contributed by atoms with Crippen LogP contribution in [0.3, 0.4) is 0 Å². The maximum atomic E-state index is 12.7. The van der Waals surface area contributed by atoms with Crippen molar-refractivity contribution in [1.29, 1.82) is 0 Å². The molecule has 6 heteroatoms. The first kappa shape index (κ1) is 22.6. The Labute approximate surface area is 200 Å². The number of carbonyl (C=O) groups is 2. The summed E-state index contributed by atoms with van der Waals surface area (Å²) < 4.78 is 0. The molecule has 2 amide bonds. The summed E-state index contributed by atoms with van der Waals surface area (Å²) in [7, 11) is 0. The van der Waals surface area contributed by atoms with E-state index in [0.29, 0.717) is 34.5 Å². The van der Waals surface area contributed by atoms with Crippen LogP contribution in [0.15, 0.2) is 48.5 Å². The molecule has 5 rings (SSSR count). The molecule has 1 saturated heterocycles. The third-order valence-electron chi connectivity index (χ3n) is 7.87. The highest BCUT2D eigenvalue weighted by Gasteiger charge is 2.38. The number of aliphatic hydroxyl groups is 1. The van der Waals surface area contributed by atoms with Crippen LogP contribution in [-0.2, 0) is 5.60 Å². The number of halogens is 1. The second kappa shape index (κ2) is 9.21. The van der Waals surface area contributed by atoms with Gasteiger partial charge in [0.1, 0.15) is 0 Å². The minimum atomic E-state index is -0.759. The number of likely N-dealkylation sites (tertiary alicyclic amines) is 1. The first-order valence-electron chi connectivity index (χ1n) is 12.1. The number of rotatable bonds is 5. The minimum Gasteiger partial charge on any atom is -0.385 e. The van der Waals surface area contributed by atoms with E-state index < -0.39 is 5.60 Å². The van der Waals surface area contributed by atoms with E-state index in [1.165, 1.54) is 4.90 Å². The molecule has 1 N–H and O–H groups in total. The van der Waals surface area contributed by atoms with Crippen LogP contribution in [0, 0.1) is 11.8 Å². The summed E-state index contributed by atoms with van der Waals surface area (Å²) in [6.45, 7) is 3.40. The van der Waals surface area contributed by atoms with E-state index in [0.717, 1.165) is 63.7 Å². The Morgan fingerprint density at radius 1 is 0.818 bits per heavy atom. The zero-order chi connectivity index (χ0) is 23.0. The fourth-order valence-electron chi connectivity index (χ4n) is 5.78. The Morgan fingerprint density at radius 3 is 1.88 bits per heavy atom. The van der Waals surface area contributed by atoms with Crippen LogP contribution in [0.1, 0.15) is 64.8 Å². The van der Waals surface area contributed by atoms with Crippen LogP contribution >= 0.6 is 11.6 Å². The molecule has 1 saturated carbocycles. The lowest BCUT2D eigenvalue weighted by atomic mass is 9.80. The molecule has 0 atom stereocenters. The molecule has 1 aliphatic carbocycles. The van der Waals surface area contributed by atoms with Gasteiger partial charge in [-0.15, -0.1) is 0 Å². The third kappa shape index (κ3) is 4.59. The summed E-state index contributed by atoms with van der Waals surface area (Å²) in [5.41, 5.74) is 1.28. The molecular weight excluding hydrogens is 436 g/mol. The van der Waals surface area contributed by atoms with Gasteiger partial charge < -0.3 is 10.0 Å². The van der Waals surface area contributed by atoms with E-state index in [-0.39, 0.29) is 11.8 Å². The summed E-state index contributed by atoms with van der Waals surface area (Å²) >= 11 is 5.99. The number of hydrogen-bond acceptors (Lipinski definition) is 4. The van der Waals surface area contributed by atoms with Crippen LogP contribution in [0.5, 0.6) is 0 Å². The second-order valence-corrected chi connectivity index (χ2v) is 10.4. The largest absolute Gasteiger partial charge is 0.385 e. The van der Waals surface area contributed by atoms with E-state index >= 15 is 0 Å². The lowest BCUT2D eigenvalue weighted by Crippen LogP contribution is -2.44. The fraction of sp³-hybridized carbons (Fsp3) is 0.481. The van der Waals surface area contributed by atoms with Gasteiger partial charge >= 0.3 is 0 Å². The Morgan fingerprint density at radius 2 is 1.33 bits per heavy atom. The van der Waals surface area contributed by atoms with E-state index in [2.05, 4.69) is 4.90 Å². The van der Waals surface area contributed by atoms with E-state index in [4.69, 9.17) is 11.6 Å². The lowest BCUT2D eigenvalue weighted by molar-refractivity contribution is -0.0303. The highest BCUT2D eigenvalue weighted by Crippen LogP contribution is 2.36. The first-order valence-corrected chi connectivity index (χ1v) is 12.5. The summed E-state index contributed by atoms with van der Waals surface area (Å²) in [5.74, 6) is 0.753. The smallest absolute Gasteiger partial charge is 0.261 e. The van der Waals surface area contributed by atoms with Crippen molar-refractivity contribution >= 4 is 23.4 Å². The molecule has 174 valence electrons. The lowest BCUT2D eigenvalue weighted by Gasteiger charge is -2.41. The molecular formula is C27H31ClN2O3. The van der Waals surface area contributed by atoms with Crippen LogP contribution in [-0.4, -0.2) is 52.9 Å². The third-order valence-corrected chi connectivity index (χ3v) is 8.12. The maximum Gasteiger partial charge on any atom is 0.261 e. The number of fused-ring (bicyclic) bond motifs is 1. The van der Waals surface area contributed by atoms with Crippen LogP contribution in [0.2, 0.25) is 5.02 Å². The molecule has 0 bridgehead atoms. The van der Waals surface area contributed by atoms with Gasteiger partial charge in [-0.25, -0.2) is 0 Å². The quantitative estimate of drug-likeness (QED) is 0.647. The van der Waals surface area contributed by atoms with Gasteiger partial charge in [0, 0.05) is 31.2 Å². The van der Waals surface area contributed by atoms with Crippen molar-refractivity contribution in [2.75, 3.05) is 26.2 Å². The van der Waals surface area contributed by atoms with Gasteiger partial charge in [-0.3, -0.25) is 14.5 Å². The van der Waals surface area contributed by atoms with Gasteiger partial charge in [0.05, 0.1) is 16.7 Å². The topological polar surface area (TPSA) is 60.9 Å². The van der Waals surface area contributed by atoms with Crippen molar-refractivity contribution in [2.24, 2.45) is 11.8 Å². The molecule has 33 heavy (non-hydrogen) atoms. The Hall–Kier alpha value is -2.21. The molecule has 0 radical (unpaired) electrons. The predicted octanol–water partition coefficient (Wildman–Crippen LogP) is 4.73.